The van der Waals surface area contributed by atoms with Crippen molar-refractivity contribution >= 4 is 17.5 Å². The van der Waals surface area contributed by atoms with Crippen molar-refractivity contribution < 1.29 is 38.8 Å². The lowest BCUT2D eigenvalue weighted by atomic mass is 9.46. The van der Waals surface area contributed by atoms with Crippen LogP contribution in [-0.4, -0.2) is 63.0 Å². The monoisotopic (exact) mass is 540 g/mol. The molecule has 10 atom stereocenters. The maximum absolute atomic E-state index is 14.8. The second kappa shape index (κ2) is 7.99. The van der Waals surface area contributed by atoms with Crippen LogP contribution in [0.25, 0.3) is 0 Å². The van der Waals surface area contributed by atoms with E-state index in [0.29, 0.717) is 12.8 Å². The highest BCUT2D eigenvalue weighted by Gasteiger charge is 2.86. The zero-order chi connectivity index (χ0) is 28.4. The number of ether oxygens (including phenoxy) is 3. The summed E-state index contributed by atoms with van der Waals surface area (Å²) in [4.78, 5) is 41.4. The fourth-order valence-electron chi connectivity index (χ4n) is 9.58. The molecular weight excluding hydrogens is 500 g/mol. The SMILES string of the molecule is C=C1C(=O)OC2C[C@@]1(C)C1C(=O)[C@]3(O)O[C@]1([C@](O)(CC)CCC1C3CC=C3C=CCC(=O)[C@@]31C)[C@@]2(C)OCC. The molecule has 6 rings (SSSR count). The van der Waals surface area contributed by atoms with Crippen LogP contribution in [0, 0.1) is 28.6 Å². The molecule has 212 valence electrons. The van der Waals surface area contributed by atoms with Crippen LogP contribution in [0.2, 0.25) is 0 Å². The van der Waals surface area contributed by atoms with Gasteiger partial charge in [-0.25, -0.2) is 4.79 Å². The van der Waals surface area contributed by atoms with Gasteiger partial charge in [0.1, 0.15) is 23.1 Å². The number of fused-ring (bicyclic) bond motifs is 8. The lowest BCUT2D eigenvalue weighted by Gasteiger charge is -2.66. The minimum Gasteiger partial charge on any atom is -0.456 e. The summed E-state index contributed by atoms with van der Waals surface area (Å²) in [6.07, 6.45) is 6.62. The molecule has 39 heavy (non-hydrogen) atoms. The molecule has 4 fully saturated rings. The Morgan fingerprint density at radius 3 is 2.51 bits per heavy atom. The zero-order valence-corrected chi connectivity index (χ0v) is 23.5. The number of Topliss-reactive ketones (excluding diaryl/α,β-unsaturated/α-hetero) is 2. The van der Waals surface area contributed by atoms with E-state index < -0.39 is 69.0 Å². The fraction of sp³-hybridized carbons (Fsp3) is 0.710. The van der Waals surface area contributed by atoms with Crippen molar-refractivity contribution in [1.29, 1.82) is 0 Å². The van der Waals surface area contributed by atoms with Crippen LogP contribution < -0.4 is 0 Å². The quantitative estimate of drug-likeness (QED) is 0.413. The van der Waals surface area contributed by atoms with Gasteiger partial charge in [-0.15, -0.1) is 0 Å². The summed E-state index contributed by atoms with van der Waals surface area (Å²) >= 11 is 0. The first-order valence-electron chi connectivity index (χ1n) is 14.3. The Morgan fingerprint density at radius 1 is 1.13 bits per heavy atom. The molecule has 2 N–H and O–H groups in total. The van der Waals surface area contributed by atoms with Crippen molar-refractivity contribution in [3.8, 4) is 0 Å². The molecule has 1 saturated carbocycles. The molecule has 0 aromatic rings. The molecule has 6 aliphatic rings. The number of hydrogen-bond donors (Lipinski definition) is 2. The second-order valence-electron chi connectivity index (χ2n) is 13.1. The Morgan fingerprint density at radius 2 is 1.85 bits per heavy atom. The van der Waals surface area contributed by atoms with E-state index in [4.69, 9.17) is 14.2 Å². The van der Waals surface area contributed by atoms with E-state index in [0.717, 1.165) is 5.57 Å². The van der Waals surface area contributed by atoms with Crippen LogP contribution in [-0.2, 0) is 28.6 Å². The number of rotatable bonds is 3. The standard InChI is InChI=1S/C31H40O8/c1-7-29(35)15-14-19-20(13-12-18-10-9-11-21(32)27(18,19)5)30(36)24(33)23-26(4)16-22(38-25(34)17(26)3)28(6,37-8-2)31(23,29)39-30/h9-10,12,19-20,22-23,35-36H,3,7-8,11,13-16H2,1-2,4-6H3/t19?,20?,22?,23?,26-,27+,28+,29+,30-,31+/m1/s1. The molecule has 0 amide bonds. The Balaban J connectivity index is 1.64. The van der Waals surface area contributed by atoms with Gasteiger partial charge in [0.2, 0.25) is 5.79 Å². The van der Waals surface area contributed by atoms with Crippen molar-refractivity contribution in [2.75, 3.05) is 6.61 Å². The van der Waals surface area contributed by atoms with Gasteiger partial charge in [0, 0.05) is 29.9 Å². The molecule has 8 nitrogen and oxygen atoms in total. The molecule has 0 aromatic heterocycles. The van der Waals surface area contributed by atoms with E-state index in [1.165, 1.54) is 0 Å². The predicted octanol–water partition coefficient (Wildman–Crippen LogP) is 3.35. The smallest absolute Gasteiger partial charge is 0.334 e. The van der Waals surface area contributed by atoms with Gasteiger partial charge in [-0.3, -0.25) is 9.59 Å². The van der Waals surface area contributed by atoms with E-state index in [-0.39, 0.29) is 43.6 Å². The first-order valence-corrected chi connectivity index (χ1v) is 14.3. The van der Waals surface area contributed by atoms with E-state index in [1.807, 2.05) is 32.1 Å². The van der Waals surface area contributed by atoms with Gasteiger partial charge in [0.25, 0.3) is 0 Å². The summed E-state index contributed by atoms with van der Waals surface area (Å²) in [6.45, 7) is 13.3. The van der Waals surface area contributed by atoms with Crippen LogP contribution in [0.3, 0.4) is 0 Å². The van der Waals surface area contributed by atoms with Crippen LogP contribution >= 0.6 is 0 Å². The first kappa shape index (κ1) is 27.1. The van der Waals surface area contributed by atoms with Crippen molar-refractivity contribution in [1.82, 2.24) is 0 Å². The third-order valence-electron chi connectivity index (χ3n) is 11.8. The van der Waals surface area contributed by atoms with Crippen LogP contribution in [0.5, 0.6) is 0 Å². The van der Waals surface area contributed by atoms with E-state index in [9.17, 15) is 24.6 Å². The van der Waals surface area contributed by atoms with Gasteiger partial charge in [-0.1, -0.05) is 38.7 Å². The zero-order valence-electron chi connectivity index (χ0n) is 23.5. The van der Waals surface area contributed by atoms with E-state index in [1.54, 1.807) is 20.8 Å². The summed E-state index contributed by atoms with van der Waals surface area (Å²) in [5.74, 6) is -5.75. The van der Waals surface area contributed by atoms with Crippen LogP contribution in [0.4, 0.5) is 0 Å². The highest BCUT2D eigenvalue weighted by Crippen LogP contribution is 2.71. The Labute approximate surface area is 229 Å². The Bertz CT molecular complexity index is 1250. The molecule has 3 heterocycles. The molecule has 0 aromatic carbocycles. The Hall–Kier alpha value is -2.13. The molecule has 4 unspecified atom stereocenters. The molecule has 1 spiro atoms. The molecule has 3 saturated heterocycles. The van der Waals surface area contributed by atoms with Gasteiger partial charge in [0.05, 0.1) is 16.9 Å². The van der Waals surface area contributed by atoms with Gasteiger partial charge in [-0.2, -0.15) is 0 Å². The summed E-state index contributed by atoms with van der Waals surface area (Å²) in [6, 6.07) is 0. The minimum absolute atomic E-state index is 0.0297. The number of ketones is 2. The van der Waals surface area contributed by atoms with Gasteiger partial charge in [0.15, 0.2) is 5.78 Å². The predicted molar refractivity (Wildman–Crippen MR) is 140 cm³/mol. The van der Waals surface area contributed by atoms with Crippen molar-refractivity contribution in [3.05, 3.63) is 36.0 Å². The van der Waals surface area contributed by atoms with Gasteiger partial charge >= 0.3 is 5.97 Å². The third-order valence-corrected chi connectivity index (χ3v) is 11.8. The summed E-state index contributed by atoms with van der Waals surface area (Å²) in [5.41, 5.74) is -5.86. The maximum atomic E-state index is 14.8. The van der Waals surface area contributed by atoms with Crippen molar-refractivity contribution in [3.63, 3.8) is 0 Å². The average Bonchev–Trinajstić information content (AvgIpc) is 3.16. The number of aliphatic hydroxyl groups is 2. The van der Waals surface area contributed by atoms with Crippen LogP contribution in [0.1, 0.15) is 73.1 Å². The lowest BCUT2D eigenvalue weighted by molar-refractivity contribution is -0.382. The molecule has 8 heteroatoms. The van der Waals surface area contributed by atoms with Gasteiger partial charge < -0.3 is 24.4 Å². The number of esters is 1. The fourth-order valence-corrected chi connectivity index (χ4v) is 9.58. The largest absolute Gasteiger partial charge is 0.456 e. The third kappa shape index (κ3) is 2.82. The topological polar surface area (TPSA) is 119 Å². The number of carbonyl (C=O) groups is 3. The highest BCUT2D eigenvalue weighted by atomic mass is 16.7. The highest BCUT2D eigenvalue weighted by molar-refractivity contribution is 5.98. The summed E-state index contributed by atoms with van der Waals surface area (Å²) in [7, 11) is 0. The lowest BCUT2D eigenvalue weighted by Crippen LogP contribution is -2.81. The van der Waals surface area contributed by atoms with Crippen LogP contribution in [0.15, 0.2) is 36.0 Å². The van der Waals surface area contributed by atoms with E-state index >= 15 is 0 Å². The minimum atomic E-state index is -2.31. The normalized spacial score (nSPS) is 52.2. The summed E-state index contributed by atoms with van der Waals surface area (Å²) < 4.78 is 19.1. The number of hydrogen-bond acceptors (Lipinski definition) is 8. The molecular formula is C31H40O8. The van der Waals surface area contributed by atoms with E-state index in [2.05, 4.69) is 6.58 Å². The second-order valence-corrected chi connectivity index (χ2v) is 13.1. The molecule has 3 aliphatic carbocycles. The number of allylic oxidation sites excluding steroid dienone is 4. The number of carbonyl (C=O) groups excluding carboxylic acids is 3. The average molecular weight is 541 g/mol. The first-order chi connectivity index (χ1) is 18.2. The molecule has 0 radical (unpaired) electrons. The maximum Gasteiger partial charge on any atom is 0.334 e. The Kier molecular flexibility index (Phi) is 5.55. The molecule has 3 aliphatic heterocycles. The summed E-state index contributed by atoms with van der Waals surface area (Å²) in [5, 5.41) is 25.3. The van der Waals surface area contributed by atoms with Gasteiger partial charge in [-0.05, 0) is 64.4 Å². The van der Waals surface area contributed by atoms with Crippen molar-refractivity contribution in [2.45, 2.75) is 102 Å². The van der Waals surface area contributed by atoms with Crippen molar-refractivity contribution in [2.24, 2.45) is 28.6 Å². The molecule has 4 bridgehead atoms.